The maximum absolute atomic E-state index is 12.2. The molecule has 1 N–H and O–H groups in total. The van der Waals surface area contributed by atoms with Crippen LogP contribution in [0.2, 0.25) is 0 Å². The molecule has 0 fully saturated rings. The van der Waals surface area contributed by atoms with Crippen molar-refractivity contribution >= 4 is 5.69 Å². The number of aromatic nitrogens is 2. The van der Waals surface area contributed by atoms with Gasteiger partial charge in [-0.05, 0) is 38.3 Å². The molecule has 0 bridgehead atoms. The molecule has 2 rings (SSSR count). The van der Waals surface area contributed by atoms with Crippen molar-refractivity contribution in [2.45, 2.75) is 47.2 Å². The lowest BCUT2D eigenvalue weighted by atomic mass is 10.1. The third-order valence-electron chi connectivity index (χ3n) is 3.69. The van der Waals surface area contributed by atoms with Gasteiger partial charge in [-0.1, -0.05) is 30.7 Å². The Morgan fingerprint density at radius 2 is 2.00 bits per heavy atom. The molecular formula is C17H23N3O. The van der Waals surface area contributed by atoms with Gasteiger partial charge in [-0.15, -0.1) is 0 Å². The third kappa shape index (κ3) is 3.51. The van der Waals surface area contributed by atoms with Crippen LogP contribution < -0.4 is 10.9 Å². The Labute approximate surface area is 125 Å². The first kappa shape index (κ1) is 15.3. The van der Waals surface area contributed by atoms with Gasteiger partial charge in [0.05, 0.1) is 11.9 Å². The average Bonchev–Trinajstić information content (AvgIpc) is 2.45. The number of rotatable bonds is 5. The summed E-state index contributed by atoms with van der Waals surface area (Å²) in [5, 5.41) is 7.54. The molecular weight excluding hydrogens is 262 g/mol. The zero-order chi connectivity index (χ0) is 15.4. The SMILES string of the molecule is CCCn1ncc(NCc2ccc(C)cc2C)c(C)c1=O. The van der Waals surface area contributed by atoms with Gasteiger partial charge < -0.3 is 5.32 Å². The lowest BCUT2D eigenvalue weighted by Crippen LogP contribution is -2.25. The van der Waals surface area contributed by atoms with E-state index in [1.54, 1.807) is 6.20 Å². The molecule has 112 valence electrons. The van der Waals surface area contributed by atoms with E-state index in [0.29, 0.717) is 13.1 Å². The smallest absolute Gasteiger partial charge is 0.271 e. The Bertz CT molecular complexity index is 689. The fourth-order valence-corrected chi connectivity index (χ4v) is 2.37. The Hall–Kier alpha value is -2.10. The van der Waals surface area contributed by atoms with Gasteiger partial charge in [0.25, 0.3) is 5.56 Å². The summed E-state index contributed by atoms with van der Waals surface area (Å²) in [6.07, 6.45) is 2.65. The molecule has 4 nitrogen and oxygen atoms in total. The molecule has 1 aromatic carbocycles. The third-order valence-corrected chi connectivity index (χ3v) is 3.69. The highest BCUT2D eigenvalue weighted by atomic mass is 16.1. The topological polar surface area (TPSA) is 46.9 Å². The van der Waals surface area contributed by atoms with Gasteiger partial charge >= 0.3 is 0 Å². The fourth-order valence-electron chi connectivity index (χ4n) is 2.37. The molecule has 0 radical (unpaired) electrons. The highest BCUT2D eigenvalue weighted by Crippen LogP contribution is 2.14. The van der Waals surface area contributed by atoms with Crippen LogP contribution in [0.15, 0.2) is 29.2 Å². The van der Waals surface area contributed by atoms with E-state index in [9.17, 15) is 4.79 Å². The minimum Gasteiger partial charge on any atom is -0.379 e. The van der Waals surface area contributed by atoms with Crippen LogP contribution in [-0.2, 0) is 13.1 Å². The molecule has 0 saturated carbocycles. The van der Waals surface area contributed by atoms with Gasteiger partial charge in [0.2, 0.25) is 0 Å². The van der Waals surface area contributed by atoms with E-state index in [1.807, 2.05) is 13.8 Å². The van der Waals surface area contributed by atoms with E-state index < -0.39 is 0 Å². The van der Waals surface area contributed by atoms with E-state index >= 15 is 0 Å². The van der Waals surface area contributed by atoms with Crippen molar-refractivity contribution in [1.29, 1.82) is 0 Å². The van der Waals surface area contributed by atoms with Crippen molar-refractivity contribution in [2.24, 2.45) is 0 Å². The highest BCUT2D eigenvalue weighted by molar-refractivity contribution is 5.48. The molecule has 0 aliphatic carbocycles. The average molecular weight is 285 g/mol. The Morgan fingerprint density at radius 1 is 1.24 bits per heavy atom. The summed E-state index contributed by atoms with van der Waals surface area (Å²) < 4.78 is 1.53. The van der Waals surface area contributed by atoms with Gasteiger partial charge in [-0.25, -0.2) is 4.68 Å². The zero-order valence-corrected chi connectivity index (χ0v) is 13.2. The quantitative estimate of drug-likeness (QED) is 0.917. The van der Waals surface area contributed by atoms with Crippen LogP contribution in [0.3, 0.4) is 0 Å². The van der Waals surface area contributed by atoms with E-state index in [4.69, 9.17) is 0 Å². The molecule has 4 heteroatoms. The van der Waals surface area contributed by atoms with Crippen LogP contribution in [0.1, 0.15) is 35.6 Å². The number of aryl methyl sites for hydroxylation is 3. The number of anilines is 1. The second kappa shape index (κ2) is 6.57. The normalized spacial score (nSPS) is 10.7. The van der Waals surface area contributed by atoms with Gasteiger partial charge in [0.15, 0.2) is 0 Å². The summed E-state index contributed by atoms with van der Waals surface area (Å²) in [6, 6.07) is 6.40. The van der Waals surface area contributed by atoms with Gasteiger partial charge in [0, 0.05) is 18.7 Å². The standard InChI is InChI=1S/C17H23N3O/c1-5-8-20-17(21)14(4)16(11-19-20)18-10-15-7-6-12(2)9-13(15)3/h6-7,9,11,18H,5,8,10H2,1-4H3. The number of hydrogen-bond acceptors (Lipinski definition) is 3. The minimum absolute atomic E-state index is 0.0116. The van der Waals surface area contributed by atoms with Crippen LogP contribution in [0.5, 0.6) is 0 Å². The zero-order valence-electron chi connectivity index (χ0n) is 13.2. The number of nitrogens with one attached hydrogen (secondary N) is 1. The predicted molar refractivity (Wildman–Crippen MR) is 86.8 cm³/mol. The molecule has 1 aromatic heterocycles. The highest BCUT2D eigenvalue weighted by Gasteiger charge is 2.07. The molecule has 0 atom stereocenters. The second-order valence-corrected chi connectivity index (χ2v) is 5.50. The van der Waals surface area contributed by atoms with Crippen LogP contribution in [0.25, 0.3) is 0 Å². The minimum atomic E-state index is -0.0116. The number of hydrogen-bond donors (Lipinski definition) is 1. The van der Waals surface area contributed by atoms with Crippen LogP contribution in [0.4, 0.5) is 5.69 Å². The summed E-state index contributed by atoms with van der Waals surface area (Å²) in [7, 11) is 0. The van der Waals surface area contributed by atoms with E-state index in [-0.39, 0.29) is 5.56 Å². The summed E-state index contributed by atoms with van der Waals surface area (Å²) in [6.45, 7) is 9.44. The van der Waals surface area contributed by atoms with Crippen molar-refractivity contribution in [3.8, 4) is 0 Å². The van der Waals surface area contributed by atoms with Crippen LogP contribution in [-0.4, -0.2) is 9.78 Å². The summed E-state index contributed by atoms with van der Waals surface area (Å²) in [5.41, 5.74) is 5.28. The summed E-state index contributed by atoms with van der Waals surface area (Å²) in [4.78, 5) is 12.2. The Morgan fingerprint density at radius 3 is 2.67 bits per heavy atom. The molecule has 2 aromatic rings. The van der Waals surface area contributed by atoms with Crippen molar-refractivity contribution in [1.82, 2.24) is 9.78 Å². The summed E-state index contributed by atoms with van der Waals surface area (Å²) >= 11 is 0. The molecule has 0 spiro atoms. The van der Waals surface area contributed by atoms with Crippen molar-refractivity contribution in [3.05, 3.63) is 57.0 Å². The fraction of sp³-hybridized carbons (Fsp3) is 0.412. The molecule has 1 heterocycles. The van der Waals surface area contributed by atoms with Crippen LogP contribution in [0, 0.1) is 20.8 Å². The molecule has 0 unspecified atom stereocenters. The Balaban J connectivity index is 2.17. The lowest BCUT2D eigenvalue weighted by Gasteiger charge is -2.12. The van der Waals surface area contributed by atoms with Crippen molar-refractivity contribution < 1.29 is 0 Å². The first-order valence-corrected chi connectivity index (χ1v) is 7.39. The van der Waals surface area contributed by atoms with Gasteiger partial charge in [-0.2, -0.15) is 5.10 Å². The van der Waals surface area contributed by atoms with Crippen LogP contribution >= 0.6 is 0 Å². The first-order chi connectivity index (χ1) is 10.0. The van der Waals surface area contributed by atoms with Gasteiger partial charge in [0.1, 0.15) is 0 Å². The monoisotopic (exact) mass is 285 g/mol. The maximum Gasteiger partial charge on any atom is 0.271 e. The second-order valence-electron chi connectivity index (χ2n) is 5.50. The van der Waals surface area contributed by atoms with Crippen molar-refractivity contribution in [3.63, 3.8) is 0 Å². The first-order valence-electron chi connectivity index (χ1n) is 7.39. The van der Waals surface area contributed by atoms with Gasteiger partial charge in [-0.3, -0.25) is 4.79 Å². The molecule has 21 heavy (non-hydrogen) atoms. The predicted octanol–water partition coefficient (Wildman–Crippen LogP) is 3.19. The maximum atomic E-state index is 12.2. The largest absolute Gasteiger partial charge is 0.379 e. The number of nitrogens with zero attached hydrogens (tertiary/aromatic N) is 2. The lowest BCUT2D eigenvalue weighted by molar-refractivity contribution is 0.565. The molecule has 0 amide bonds. The van der Waals surface area contributed by atoms with E-state index in [1.165, 1.54) is 21.4 Å². The van der Waals surface area contributed by atoms with Crippen molar-refractivity contribution in [2.75, 3.05) is 5.32 Å². The van der Waals surface area contributed by atoms with E-state index in [2.05, 4.69) is 42.5 Å². The van der Waals surface area contributed by atoms with E-state index in [0.717, 1.165) is 17.7 Å². The molecule has 0 saturated heterocycles. The Kier molecular flexibility index (Phi) is 4.78. The molecule has 0 aliphatic heterocycles. The number of benzene rings is 1. The molecule has 0 aliphatic rings. The summed E-state index contributed by atoms with van der Waals surface area (Å²) in [5.74, 6) is 0.